The summed E-state index contributed by atoms with van der Waals surface area (Å²) < 4.78 is 0. The van der Waals surface area contributed by atoms with Crippen LogP contribution in [0.1, 0.15) is 42.7 Å². The molecule has 1 fully saturated rings. The van der Waals surface area contributed by atoms with Crippen LogP contribution in [0.2, 0.25) is 0 Å². The Balaban J connectivity index is 1.69. The third kappa shape index (κ3) is 4.10. The van der Waals surface area contributed by atoms with Gasteiger partial charge in [0.25, 0.3) is 0 Å². The first-order chi connectivity index (χ1) is 11.7. The van der Waals surface area contributed by atoms with E-state index in [1.165, 1.54) is 11.1 Å². The van der Waals surface area contributed by atoms with Gasteiger partial charge in [0.05, 0.1) is 0 Å². The van der Waals surface area contributed by atoms with Crippen molar-refractivity contribution >= 4 is 11.7 Å². The summed E-state index contributed by atoms with van der Waals surface area (Å²) >= 11 is 0. The number of benzene rings is 2. The van der Waals surface area contributed by atoms with E-state index in [-0.39, 0.29) is 17.6 Å². The Bertz CT molecular complexity index is 632. The molecule has 2 aromatic carbocycles. The van der Waals surface area contributed by atoms with Crippen molar-refractivity contribution < 1.29 is 9.59 Å². The van der Waals surface area contributed by atoms with E-state index >= 15 is 0 Å². The molecule has 1 aliphatic rings. The molecule has 1 saturated heterocycles. The molecule has 0 aromatic heterocycles. The predicted octanol–water partition coefficient (Wildman–Crippen LogP) is 3.79. The number of piperidine rings is 1. The number of rotatable bonds is 5. The van der Waals surface area contributed by atoms with Crippen LogP contribution < -0.4 is 0 Å². The minimum absolute atomic E-state index is 0.166. The second kappa shape index (κ2) is 7.91. The summed E-state index contributed by atoms with van der Waals surface area (Å²) in [5, 5.41) is 0. The Morgan fingerprint density at radius 2 is 1.38 bits per heavy atom. The molecule has 1 aliphatic heterocycles. The van der Waals surface area contributed by atoms with Gasteiger partial charge < -0.3 is 4.90 Å². The van der Waals surface area contributed by atoms with E-state index in [1.54, 1.807) is 0 Å². The number of hydrogen-bond acceptors (Lipinski definition) is 2. The topological polar surface area (TPSA) is 37.4 Å². The number of Topliss-reactive ketones (excluding diaryl/α,β-unsaturated/α-hetero) is 1. The van der Waals surface area contributed by atoms with E-state index < -0.39 is 0 Å². The Morgan fingerprint density at radius 3 is 1.88 bits per heavy atom. The number of amides is 1. The van der Waals surface area contributed by atoms with Gasteiger partial charge in [0.15, 0.2) is 0 Å². The molecule has 3 rings (SSSR count). The Hall–Kier alpha value is -2.42. The van der Waals surface area contributed by atoms with Crippen LogP contribution >= 0.6 is 0 Å². The van der Waals surface area contributed by atoms with Crippen molar-refractivity contribution in [2.45, 2.75) is 31.6 Å². The fourth-order valence-electron chi connectivity index (χ4n) is 3.33. The number of carbonyl (C=O) groups excluding carboxylic acids is 2. The van der Waals surface area contributed by atoms with Crippen LogP contribution in [-0.2, 0) is 9.59 Å². The van der Waals surface area contributed by atoms with Gasteiger partial charge in [-0.05, 0) is 17.5 Å². The van der Waals surface area contributed by atoms with Gasteiger partial charge in [0.2, 0.25) is 5.91 Å². The lowest BCUT2D eigenvalue weighted by Gasteiger charge is -2.27. The maximum Gasteiger partial charge on any atom is 0.222 e. The average Bonchev–Trinajstić information content (AvgIpc) is 2.64. The number of nitrogens with zero attached hydrogens (tertiary/aromatic N) is 1. The van der Waals surface area contributed by atoms with Gasteiger partial charge in [-0.15, -0.1) is 0 Å². The number of hydrogen-bond donors (Lipinski definition) is 0. The van der Waals surface area contributed by atoms with Crippen LogP contribution in [0.4, 0.5) is 0 Å². The lowest BCUT2D eigenvalue weighted by atomic mass is 9.87. The molecule has 0 spiro atoms. The Kier molecular flexibility index (Phi) is 5.42. The zero-order chi connectivity index (χ0) is 16.8. The second-order valence-corrected chi connectivity index (χ2v) is 6.33. The van der Waals surface area contributed by atoms with E-state index in [1.807, 2.05) is 41.3 Å². The standard InChI is InChI=1S/C21H23NO2/c23-19-13-15-22(16-14-19)21(24)12-11-20(17-7-3-1-4-8-17)18-9-5-2-6-10-18/h1-10,20H,11-16H2. The molecule has 3 nitrogen and oxygen atoms in total. The van der Waals surface area contributed by atoms with Crippen LogP contribution in [0.3, 0.4) is 0 Å². The molecule has 0 saturated carbocycles. The smallest absolute Gasteiger partial charge is 0.222 e. The van der Waals surface area contributed by atoms with Crippen molar-refractivity contribution in [3.8, 4) is 0 Å². The first-order valence-electron chi connectivity index (χ1n) is 8.63. The SMILES string of the molecule is O=C1CCN(C(=O)CCC(c2ccccc2)c2ccccc2)CC1. The highest BCUT2D eigenvalue weighted by atomic mass is 16.2. The van der Waals surface area contributed by atoms with Crippen LogP contribution in [0.25, 0.3) is 0 Å². The second-order valence-electron chi connectivity index (χ2n) is 6.33. The molecule has 2 aromatic rings. The number of carbonyl (C=O) groups is 2. The van der Waals surface area contributed by atoms with Gasteiger partial charge in [-0.25, -0.2) is 0 Å². The fraction of sp³-hybridized carbons (Fsp3) is 0.333. The van der Waals surface area contributed by atoms with Crippen LogP contribution in [0.5, 0.6) is 0 Å². The molecule has 124 valence electrons. The fourth-order valence-corrected chi connectivity index (χ4v) is 3.33. The van der Waals surface area contributed by atoms with Crippen molar-refractivity contribution in [1.29, 1.82) is 0 Å². The summed E-state index contributed by atoms with van der Waals surface area (Å²) in [6.45, 7) is 1.16. The zero-order valence-corrected chi connectivity index (χ0v) is 13.9. The van der Waals surface area contributed by atoms with Gasteiger partial charge >= 0.3 is 0 Å². The average molecular weight is 321 g/mol. The first-order valence-corrected chi connectivity index (χ1v) is 8.63. The van der Waals surface area contributed by atoms with E-state index in [2.05, 4.69) is 24.3 Å². The normalized spacial score (nSPS) is 14.9. The molecule has 1 heterocycles. The number of likely N-dealkylation sites (tertiary alicyclic amines) is 1. The summed E-state index contributed by atoms with van der Waals surface area (Å²) in [6.07, 6.45) is 2.32. The van der Waals surface area contributed by atoms with E-state index in [4.69, 9.17) is 0 Å². The predicted molar refractivity (Wildman–Crippen MR) is 94.8 cm³/mol. The lowest BCUT2D eigenvalue weighted by Crippen LogP contribution is -2.38. The lowest BCUT2D eigenvalue weighted by molar-refractivity contribution is -0.134. The van der Waals surface area contributed by atoms with Gasteiger partial charge in [-0.2, -0.15) is 0 Å². The number of ketones is 1. The highest BCUT2D eigenvalue weighted by Crippen LogP contribution is 2.29. The zero-order valence-electron chi connectivity index (χ0n) is 13.9. The molecule has 3 heteroatoms. The molecule has 0 radical (unpaired) electrons. The molecule has 0 unspecified atom stereocenters. The van der Waals surface area contributed by atoms with Gasteiger partial charge in [-0.3, -0.25) is 9.59 Å². The third-order valence-corrected chi connectivity index (χ3v) is 4.72. The minimum atomic E-state index is 0.166. The molecule has 0 bridgehead atoms. The van der Waals surface area contributed by atoms with Crippen LogP contribution in [-0.4, -0.2) is 29.7 Å². The quantitative estimate of drug-likeness (QED) is 0.840. The minimum Gasteiger partial charge on any atom is -0.342 e. The van der Waals surface area contributed by atoms with E-state index in [0.29, 0.717) is 32.4 Å². The molecule has 1 amide bonds. The van der Waals surface area contributed by atoms with Crippen molar-refractivity contribution in [2.75, 3.05) is 13.1 Å². The third-order valence-electron chi connectivity index (χ3n) is 4.72. The molecule has 0 aliphatic carbocycles. The summed E-state index contributed by atoms with van der Waals surface area (Å²) in [4.78, 5) is 25.7. The molecular weight excluding hydrogens is 298 g/mol. The maximum absolute atomic E-state index is 12.5. The van der Waals surface area contributed by atoms with Crippen LogP contribution in [0.15, 0.2) is 60.7 Å². The Morgan fingerprint density at radius 1 is 0.875 bits per heavy atom. The summed E-state index contributed by atoms with van der Waals surface area (Å²) in [6, 6.07) is 20.7. The maximum atomic E-state index is 12.5. The highest BCUT2D eigenvalue weighted by molar-refractivity contribution is 5.83. The molecule has 0 N–H and O–H groups in total. The van der Waals surface area contributed by atoms with Crippen molar-refractivity contribution in [1.82, 2.24) is 4.90 Å². The monoisotopic (exact) mass is 321 g/mol. The molecule has 24 heavy (non-hydrogen) atoms. The highest BCUT2D eigenvalue weighted by Gasteiger charge is 2.22. The molecule has 0 atom stereocenters. The van der Waals surface area contributed by atoms with Crippen molar-refractivity contribution in [3.05, 3.63) is 71.8 Å². The van der Waals surface area contributed by atoms with Gasteiger partial charge in [0.1, 0.15) is 5.78 Å². The van der Waals surface area contributed by atoms with E-state index in [0.717, 1.165) is 6.42 Å². The van der Waals surface area contributed by atoms with Crippen molar-refractivity contribution in [3.63, 3.8) is 0 Å². The summed E-state index contributed by atoms with van der Waals surface area (Å²) in [5.74, 6) is 0.660. The first kappa shape index (κ1) is 16.4. The Labute approximate surface area is 143 Å². The van der Waals surface area contributed by atoms with Gasteiger partial charge in [0, 0.05) is 38.3 Å². The van der Waals surface area contributed by atoms with Crippen LogP contribution in [0, 0.1) is 0 Å². The van der Waals surface area contributed by atoms with E-state index in [9.17, 15) is 9.59 Å². The largest absolute Gasteiger partial charge is 0.342 e. The summed E-state index contributed by atoms with van der Waals surface area (Å²) in [7, 11) is 0. The van der Waals surface area contributed by atoms with Crippen molar-refractivity contribution in [2.24, 2.45) is 0 Å². The summed E-state index contributed by atoms with van der Waals surface area (Å²) in [5.41, 5.74) is 2.48. The molecular formula is C21H23NO2. The van der Waals surface area contributed by atoms with Gasteiger partial charge in [-0.1, -0.05) is 60.7 Å².